The number of rotatable bonds is 4. The van der Waals surface area contributed by atoms with Crippen LogP contribution in [-0.2, 0) is 6.54 Å². The fraction of sp³-hybridized carbons (Fsp3) is 0.176. The van der Waals surface area contributed by atoms with E-state index in [0.717, 1.165) is 17.8 Å². The Labute approximate surface area is 118 Å². The summed E-state index contributed by atoms with van der Waals surface area (Å²) in [6.45, 7) is 2.94. The van der Waals surface area contributed by atoms with Crippen molar-refractivity contribution in [2.75, 3.05) is 0 Å². The predicted octanol–water partition coefficient (Wildman–Crippen LogP) is 3.48. The van der Waals surface area contributed by atoms with Crippen molar-refractivity contribution in [3.05, 3.63) is 72.2 Å². The summed E-state index contributed by atoms with van der Waals surface area (Å²) in [4.78, 5) is 8.77. The second-order valence-electron chi connectivity index (χ2n) is 4.84. The van der Waals surface area contributed by atoms with E-state index in [2.05, 4.69) is 40.4 Å². The molecule has 0 aliphatic carbocycles. The van der Waals surface area contributed by atoms with Crippen molar-refractivity contribution in [2.45, 2.75) is 19.5 Å². The first-order chi connectivity index (χ1) is 9.84. The van der Waals surface area contributed by atoms with Crippen LogP contribution in [0.1, 0.15) is 24.2 Å². The molecule has 1 aromatic carbocycles. The van der Waals surface area contributed by atoms with Crippen LogP contribution in [0.2, 0.25) is 0 Å². The Balaban J connectivity index is 1.77. The highest BCUT2D eigenvalue weighted by Crippen LogP contribution is 2.17. The number of nitrogens with one attached hydrogen (secondary N) is 1. The first-order valence-corrected chi connectivity index (χ1v) is 6.81. The number of benzene rings is 1. The van der Waals surface area contributed by atoms with Crippen molar-refractivity contribution in [1.29, 1.82) is 0 Å². The van der Waals surface area contributed by atoms with Crippen LogP contribution in [0.15, 0.2) is 60.9 Å². The average Bonchev–Trinajstić information content (AvgIpc) is 2.53. The van der Waals surface area contributed by atoms with Crippen LogP contribution in [0.3, 0.4) is 0 Å². The second kappa shape index (κ2) is 5.80. The molecule has 2 aromatic heterocycles. The van der Waals surface area contributed by atoms with Crippen molar-refractivity contribution >= 4 is 10.9 Å². The Morgan fingerprint density at radius 3 is 2.65 bits per heavy atom. The summed E-state index contributed by atoms with van der Waals surface area (Å²) in [5, 5.41) is 4.72. The highest BCUT2D eigenvalue weighted by Gasteiger charge is 2.07. The Morgan fingerprint density at radius 1 is 0.950 bits per heavy atom. The summed E-state index contributed by atoms with van der Waals surface area (Å²) in [6.07, 6.45) is 3.69. The van der Waals surface area contributed by atoms with E-state index in [1.165, 1.54) is 10.9 Å². The van der Waals surface area contributed by atoms with E-state index >= 15 is 0 Å². The fourth-order valence-electron chi connectivity index (χ4n) is 2.31. The van der Waals surface area contributed by atoms with Crippen molar-refractivity contribution in [1.82, 2.24) is 15.3 Å². The quantitative estimate of drug-likeness (QED) is 0.783. The van der Waals surface area contributed by atoms with Gasteiger partial charge in [0, 0.05) is 30.4 Å². The third kappa shape index (κ3) is 2.68. The van der Waals surface area contributed by atoms with Crippen LogP contribution in [0.4, 0.5) is 0 Å². The number of aromatic nitrogens is 2. The summed E-state index contributed by atoms with van der Waals surface area (Å²) in [5.74, 6) is 0. The molecule has 1 atom stereocenters. The molecule has 3 heteroatoms. The fourth-order valence-corrected chi connectivity index (χ4v) is 2.31. The van der Waals surface area contributed by atoms with Crippen LogP contribution in [0, 0.1) is 0 Å². The molecule has 0 bridgehead atoms. The lowest BCUT2D eigenvalue weighted by Crippen LogP contribution is -2.19. The Morgan fingerprint density at radius 2 is 1.80 bits per heavy atom. The highest BCUT2D eigenvalue weighted by atomic mass is 14.9. The molecule has 0 amide bonds. The summed E-state index contributed by atoms with van der Waals surface area (Å²) in [7, 11) is 0. The number of nitrogens with zero attached hydrogens (tertiary/aromatic N) is 2. The van der Waals surface area contributed by atoms with E-state index in [1.54, 1.807) is 0 Å². The summed E-state index contributed by atoms with van der Waals surface area (Å²) < 4.78 is 0. The number of hydrogen-bond donors (Lipinski definition) is 1. The van der Waals surface area contributed by atoms with E-state index in [9.17, 15) is 0 Å². The lowest BCUT2D eigenvalue weighted by atomic mass is 10.1. The molecule has 0 spiro atoms. The smallest absolute Gasteiger partial charge is 0.0705 e. The highest BCUT2D eigenvalue weighted by molar-refractivity contribution is 5.81. The third-order valence-corrected chi connectivity index (χ3v) is 3.47. The van der Waals surface area contributed by atoms with E-state index < -0.39 is 0 Å². The van der Waals surface area contributed by atoms with Crippen molar-refractivity contribution in [2.24, 2.45) is 0 Å². The minimum absolute atomic E-state index is 0.225. The molecule has 100 valence electrons. The van der Waals surface area contributed by atoms with Gasteiger partial charge in [-0.05, 0) is 36.8 Å². The minimum Gasteiger partial charge on any atom is -0.305 e. The van der Waals surface area contributed by atoms with Crippen molar-refractivity contribution in [3.8, 4) is 0 Å². The predicted molar refractivity (Wildman–Crippen MR) is 81.2 cm³/mol. The summed E-state index contributed by atoms with van der Waals surface area (Å²) >= 11 is 0. The van der Waals surface area contributed by atoms with E-state index in [4.69, 9.17) is 0 Å². The van der Waals surface area contributed by atoms with Gasteiger partial charge < -0.3 is 5.32 Å². The molecule has 3 nitrogen and oxygen atoms in total. The molecule has 0 radical (unpaired) electrons. The zero-order valence-corrected chi connectivity index (χ0v) is 11.5. The lowest BCUT2D eigenvalue weighted by molar-refractivity contribution is 0.563. The molecular weight excluding hydrogens is 246 g/mol. The number of hydrogen-bond acceptors (Lipinski definition) is 3. The van der Waals surface area contributed by atoms with Gasteiger partial charge in [0.15, 0.2) is 0 Å². The first kappa shape index (κ1) is 12.8. The van der Waals surface area contributed by atoms with Crippen LogP contribution >= 0.6 is 0 Å². The number of fused-ring (bicyclic) bond motifs is 1. The van der Waals surface area contributed by atoms with Gasteiger partial charge in [-0.3, -0.25) is 9.97 Å². The molecule has 0 fully saturated rings. The molecule has 20 heavy (non-hydrogen) atoms. The Kier molecular flexibility index (Phi) is 3.70. The van der Waals surface area contributed by atoms with Crippen molar-refractivity contribution in [3.63, 3.8) is 0 Å². The van der Waals surface area contributed by atoms with Gasteiger partial charge in [0.2, 0.25) is 0 Å². The lowest BCUT2D eigenvalue weighted by Gasteiger charge is -2.14. The van der Waals surface area contributed by atoms with Crippen LogP contribution in [0.5, 0.6) is 0 Å². The van der Waals surface area contributed by atoms with Gasteiger partial charge in [-0.25, -0.2) is 0 Å². The topological polar surface area (TPSA) is 37.8 Å². The summed E-state index contributed by atoms with van der Waals surface area (Å²) in [6, 6.07) is 16.5. The van der Waals surface area contributed by atoms with Crippen molar-refractivity contribution < 1.29 is 0 Å². The maximum Gasteiger partial charge on any atom is 0.0705 e. The van der Waals surface area contributed by atoms with Gasteiger partial charge in [0.05, 0.1) is 11.2 Å². The molecule has 1 N–H and O–H groups in total. The molecule has 0 saturated carbocycles. The third-order valence-electron chi connectivity index (χ3n) is 3.47. The van der Waals surface area contributed by atoms with Crippen LogP contribution in [-0.4, -0.2) is 9.97 Å². The van der Waals surface area contributed by atoms with Gasteiger partial charge in [0.25, 0.3) is 0 Å². The maximum atomic E-state index is 4.39. The van der Waals surface area contributed by atoms with Gasteiger partial charge >= 0.3 is 0 Å². The molecule has 0 aliphatic rings. The minimum atomic E-state index is 0.225. The zero-order chi connectivity index (χ0) is 13.8. The van der Waals surface area contributed by atoms with Gasteiger partial charge in [-0.2, -0.15) is 0 Å². The van der Waals surface area contributed by atoms with E-state index in [1.807, 2.05) is 42.7 Å². The van der Waals surface area contributed by atoms with E-state index in [0.29, 0.717) is 0 Å². The molecule has 3 aromatic rings. The summed E-state index contributed by atoms with van der Waals surface area (Å²) in [5.41, 5.74) is 3.36. The molecule has 3 rings (SSSR count). The molecular formula is C17H17N3. The number of para-hydroxylation sites is 1. The van der Waals surface area contributed by atoms with Crippen LogP contribution in [0.25, 0.3) is 10.9 Å². The monoisotopic (exact) mass is 263 g/mol. The number of pyridine rings is 2. The molecule has 2 heterocycles. The standard InChI is InChI=1S/C17H17N3/c1-13(16-7-4-5-10-18-16)20-12-14-9-11-19-17-8-3-2-6-15(14)17/h2-11,13,20H,12H2,1H3/t13-/m0/s1. The Bertz CT molecular complexity index is 689. The van der Waals surface area contributed by atoms with E-state index in [-0.39, 0.29) is 6.04 Å². The van der Waals surface area contributed by atoms with Gasteiger partial charge in [-0.1, -0.05) is 24.3 Å². The van der Waals surface area contributed by atoms with Crippen LogP contribution < -0.4 is 5.32 Å². The molecule has 0 saturated heterocycles. The normalized spacial score (nSPS) is 12.4. The first-order valence-electron chi connectivity index (χ1n) is 6.81. The van der Waals surface area contributed by atoms with Gasteiger partial charge in [-0.15, -0.1) is 0 Å². The van der Waals surface area contributed by atoms with Gasteiger partial charge in [0.1, 0.15) is 0 Å². The molecule has 0 aliphatic heterocycles. The maximum absolute atomic E-state index is 4.39. The largest absolute Gasteiger partial charge is 0.305 e. The Hall–Kier alpha value is -2.26. The zero-order valence-electron chi connectivity index (χ0n) is 11.5. The average molecular weight is 263 g/mol. The SMILES string of the molecule is C[C@H](NCc1ccnc2ccccc12)c1ccccn1. The second-order valence-corrected chi connectivity index (χ2v) is 4.84. The molecule has 0 unspecified atom stereocenters.